The van der Waals surface area contributed by atoms with Crippen LogP contribution in [-0.2, 0) is 14.8 Å². The van der Waals surface area contributed by atoms with Gasteiger partial charge in [0.25, 0.3) is 5.91 Å². The summed E-state index contributed by atoms with van der Waals surface area (Å²) in [6.45, 7) is 1.72. The van der Waals surface area contributed by atoms with E-state index < -0.39 is 22.0 Å². The van der Waals surface area contributed by atoms with Crippen LogP contribution < -0.4 is 14.4 Å². The van der Waals surface area contributed by atoms with Crippen LogP contribution in [0.3, 0.4) is 0 Å². The predicted octanol–water partition coefficient (Wildman–Crippen LogP) is 3.47. The SMILES string of the molecule is Cc1ccc2c(c1)N(S(C)(=O)=O)CC(C(=O)Nc1cc(Cl)cc(Cl)c1)O2. The molecule has 0 aromatic heterocycles. The predicted molar refractivity (Wildman–Crippen MR) is 103 cm³/mol. The monoisotopic (exact) mass is 414 g/mol. The van der Waals surface area contributed by atoms with Gasteiger partial charge in [0.05, 0.1) is 18.5 Å². The number of ether oxygens (including phenoxy) is 1. The number of hydrogen-bond donors (Lipinski definition) is 1. The summed E-state index contributed by atoms with van der Waals surface area (Å²) in [5.41, 5.74) is 1.71. The second-order valence-corrected chi connectivity index (χ2v) is 8.80. The highest BCUT2D eigenvalue weighted by molar-refractivity contribution is 7.92. The van der Waals surface area contributed by atoms with E-state index in [1.165, 1.54) is 4.31 Å². The average molecular weight is 415 g/mol. The molecule has 1 aliphatic heterocycles. The third-order valence-electron chi connectivity index (χ3n) is 3.81. The quantitative estimate of drug-likeness (QED) is 0.833. The third-order valence-corrected chi connectivity index (χ3v) is 5.39. The van der Waals surface area contributed by atoms with Gasteiger partial charge in [-0.3, -0.25) is 9.10 Å². The van der Waals surface area contributed by atoms with Crippen molar-refractivity contribution in [1.29, 1.82) is 0 Å². The number of anilines is 2. The van der Waals surface area contributed by atoms with Gasteiger partial charge in [0, 0.05) is 15.7 Å². The van der Waals surface area contributed by atoms with Crippen LogP contribution in [0.15, 0.2) is 36.4 Å². The van der Waals surface area contributed by atoms with Gasteiger partial charge in [0.2, 0.25) is 10.0 Å². The normalized spacial score (nSPS) is 16.6. The fourth-order valence-electron chi connectivity index (χ4n) is 2.66. The lowest BCUT2D eigenvalue weighted by Gasteiger charge is -2.34. The minimum Gasteiger partial charge on any atom is -0.476 e. The van der Waals surface area contributed by atoms with Crippen molar-refractivity contribution in [1.82, 2.24) is 0 Å². The fraction of sp³-hybridized carbons (Fsp3) is 0.235. The molecule has 1 unspecified atom stereocenters. The number of amides is 1. The summed E-state index contributed by atoms with van der Waals surface area (Å²) in [6, 6.07) is 9.77. The maximum Gasteiger partial charge on any atom is 0.267 e. The summed E-state index contributed by atoms with van der Waals surface area (Å²) < 4.78 is 31.3. The maximum absolute atomic E-state index is 12.6. The van der Waals surface area contributed by atoms with Crippen molar-refractivity contribution in [2.24, 2.45) is 0 Å². The molecule has 2 aromatic carbocycles. The molecule has 6 nitrogen and oxygen atoms in total. The number of hydrogen-bond acceptors (Lipinski definition) is 4. The first kappa shape index (κ1) is 18.8. The largest absolute Gasteiger partial charge is 0.476 e. The highest BCUT2D eigenvalue weighted by atomic mass is 35.5. The Labute approximate surface area is 161 Å². The topological polar surface area (TPSA) is 75.7 Å². The lowest BCUT2D eigenvalue weighted by molar-refractivity contribution is -0.122. The molecule has 138 valence electrons. The van der Waals surface area contributed by atoms with Crippen LogP contribution in [0.2, 0.25) is 10.0 Å². The van der Waals surface area contributed by atoms with Gasteiger partial charge >= 0.3 is 0 Å². The Kier molecular flexibility index (Phi) is 5.05. The summed E-state index contributed by atoms with van der Waals surface area (Å²) in [4.78, 5) is 12.6. The molecule has 1 heterocycles. The molecule has 1 aliphatic rings. The van der Waals surface area contributed by atoms with Crippen molar-refractivity contribution < 1.29 is 17.9 Å². The Morgan fingerprint density at radius 2 is 1.85 bits per heavy atom. The Morgan fingerprint density at radius 3 is 2.46 bits per heavy atom. The molecule has 1 atom stereocenters. The zero-order valence-electron chi connectivity index (χ0n) is 14.0. The maximum atomic E-state index is 12.6. The Balaban J connectivity index is 1.89. The smallest absolute Gasteiger partial charge is 0.267 e. The molecule has 2 aromatic rings. The van der Waals surface area contributed by atoms with Crippen molar-refractivity contribution in [2.45, 2.75) is 13.0 Å². The first-order valence-electron chi connectivity index (χ1n) is 7.65. The van der Waals surface area contributed by atoms with Crippen molar-refractivity contribution >= 4 is 50.5 Å². The van der Waals surface area contributed by atoms with Crippen LogP contribution in [0.1, 0.15) is 5.56 Å². The van der Waals surface area contributed by atoms with E-state index in [0.29, 0.717) is 27.2 Å². The summed E-state index contributed by atoms with van der Waals surface area (Å²) in [5.74, 6) is -0.167. The first-order chi connectivity index (χ1) is 12.1. The van der Waals surface area contributed by atoms with Gasteiger partial charge in [-0.05, 0) is 42.8 Å². The second kappa shape index (κ2) is 6.98. The molecule has 0 fully saturated rings. The zero-order chi connectivity index (χ0) is 19.1. The molecule has 0 bridgehead atoms. The molecule has 1 amide bonds. The molecular weight excluding hydrogens is 399 g/mol. The van der Waals surface area contributed by atoms with Gasteiger partial charge in [-0.25, -0.2) is 8.42 Å². The van der Waals surface area contributed by atoms with Gasteiger partial charge in [0.15, 0.2) is 6.10 Å². The van der Waals surface area contributed by atoms with E-state index in [2.05, 4.69) is 5.32 Å². The van der Waals surface area contributed by atoms with Gasteiger partial charge in [-0.2, -0.15) is 0 Å². The lowest BCUT2D eigenvalue weighted by Crippen LogP contribution is -2.48. The minimum absolute atomic E-state index is 0.130. The molecule has 0 spiro atoms. The summed E-state index contributed by atoms with van der Waals surface area (Å²) >= 11 is 11.9. The number of carbonyl (C=O) groups is 1. The van der Waals surface area contributed by atoms with Crippen LogP contribution in [-0.4, -0.2) is 33.2 Å². The van der Waals surface area contributed by atoms with E-state index in [4.69, 9.17) is 27.9 Å². The number of halogens is 2. The van der Waals surface area contributed by atoms with Crippen molar-refractivity contribution in [2.75, 3.05) is 22.4 Å². The van der Waals surface area contributed by atoms with E-state index in [9.17, 15) is 13.2 Å². The van der Waals surface area contributed by atoms with E-state index >= 15 is 0 Å². The van der Waals surface area contributed by atoms with Crippen LogP contribution in [0, 0.1) is 6.92 Å². The number of carbonyl (C=O) groups excluding carboxylic acids is 1. The molecule has 1 N–H and O–H groups in total. The Hall–Kier alpha value is -1.96. The number of nitrogens with zero attached hydrogens (tertiary/aromatic N) is 1. The molecule has 3 rings (SSSR count). The molecule has 26 heavy (non-hydrogen) atoms. The highest BCUT2D eigenvalue weighted by Gasteiger charge is 2.35. The average Bonchev–Trinajstić information content (AvgIpc) is 2.51. The van der Waals surface area contributed by atoms with E-state index in [1.54, 1.807) is 36.4 Å². The van der Waals surface area contributed by atoms with Gasteiger partial charge in [-0.1, -0.05) is 29.3 Å². The molecular formula is C17H16Cl2N2O4S. The van der Waals surface area contributed by atoms with Gasteiger partial charge in [0.1, 0.15) is 5.75 Å². The standard InChI is InChI=1S/C17H16Cl2N2O4S/c1-10-3-4-15-14(5-10)21(26(2,23)24)9-16(25-15)17(22)20-13-7-11(18)6-12(19)8-13/h3-8,16H,9H2,1-2H3,(H,20,22). The number of fused-ring (bicyclic) bond motifs is 1. The molecule has 0 saturated carbocycles. The Bertz CT molecular complexity index is 958. The number of rotatable bonds is 3. The van der Waals surface area contributed by atoms with Crippen LogP contribution in [0.4, 0.5) is 11.4 Å². The minimum atomic E-state index is -3.58. The number of nitrogens with one attached hydrogen (secondary N) is 1. The highest BCUT2D eigenvalue weighted by Crippen LogP contribution is 2.36. The summed E-state index contributed by atoms with van der Waals surface area (Å²) in [6.07, 6.45) is 0.0774. The second-order valence-electron chi connectivity index (χ2n) is 6.02. The van der Waals surface area contributed by atoms with Crippen LogP contribution in [0.5, 0.6) is 5.75 Å². The summed E-state index contributed by atoms with van der Waals surface area (Å²) in [7, 11) is -3.58. The van der Waals surface area contributed by atoms with Crippen molar-refractivity contribution in [3.63, 3.8) is 0 Å². The molecule has 0 aliphatic carbocycles. The fourth-order valence-corrected chi connectivity index (χ4v) is 4.09. The lowest BCUT2D eigenvalue weighted by atomic mass is 10.1. The van der Waals surface area contributed by atoms with Gasteiger partial charge in [-0.15, -0.1) is 0 Å². The number of aryl methyl sites for hydroxylation is 1. The van der Waals surface area contributed by atoms with Crippen LogP contribution in [0.25, 0.3) is 0 Å². The van der Waals surface area contributed by atoms with E-state index in [1.807, 2.05) is 6.92 Å². The van der Waals surface area contributed by atoms with Crippen LogP contribution >= 0.6 is 23.2 Å². The third kappa shape index (κ3) is 4.06. The van der Waals surface area contributed by atoms with E-state index in [-0.39, 0.29) is 6.54 Å². The first-order valence-corrected chi connectivity index (χ1v) is 10.3. The van der Waals surface area contributed by atoms with E-state index in [0.717, 1.165) is 11.8 Å². The molecule has 0 saturated heterocycles. The number of benzene rings is 2. The molecule has 9 heteroatoms. The van der Waals surface area contributed by atoms with Crippen molar-refractivity contribution in [3.8, 4) is 5.75 Å². The van der Waals surface area contributed by atoms with Crippen molar-refractivity contribution in [3.05, 3.63) is 52.0 Å². The van der Waals surface area contributed by atoms with Gasteiger partial charge < -0.3 is 10.1 Å². The summed E-state index contributed by atoms with van der Waals surface area (Å²) in [5, 5.41) is 3.40. The number of sulfonamides is 1. The zero-order valence-corrected chi connectivity index (χ0v) is 16.3. The molecule has 0 radical (unpaired) electrons. The Morgan fingerprint density at radius 1 is 1.19 bits per heavy atom.